The Morgan fingerprint density at radius 2 is 1.55 bits per heavy atom. The van der Waals surface area contributed by atoms with E-state index in [0.29, 0.717) is 5.56 Å². The average molecular weight is 270 g/mol. The summed E-state index contributed by atoms with van der Waals surface area (Å²) in [5, 5.41) is 14.5. The first-order chi connectivity index (χ1) is 9.59. The van der Waals surface area contributed by atoms with Gasteiger partial charge in [-0.1, -0.05) is 48.5 Å². The van der Waals surface area contributed by atoms with Crippen LogP contribution in [0.4, 0.5) is 5.69 Å². The standard InChI is InChI=1S/C16H18N2O2/c1-12(14-8-4-3-5-9-14)17-13(2)15-10-6-7-11-16(15)18(19)20/h3-13,17H,1-2H3/t12-,13?/m1/s1. The molecule has 20 heavy (non-hydrogen) atoms. The van der Waals surface area contributed by atoms with Gasteiger partial charge in [0.2, 0.25) is 0 Å². The highest BCUT2D eigenvalue weighted by Crippen LogP contribution is 2.26. The Labute approximate surface area is 118 Å². The molecule has 104 valence electrons. The summed E-state index contributed by atoms with van der Waals surface area (Å²) in [5.41, 5.74) is 2.03. The Morgan fingerprint density at radius 3 is 2.20 bits per heavy atom. The molecule has 0 amide bonds. The van der Waals surface area contributed by atoms with Crippen LogP contribution in [0.3, 0.4) is 0 Å². The van der Waals surface area contributed by atoms with Crippen LogP contribution in [0.15, 0.2) is 54.6 Å². The Balaban J connectivity index is 2.16. The molecule has 2 aromatic rings. The van der Waals surface area contributed by atoms with Crippen molar-refractivity contribution in [2.75, 3.05) is 0 Å². The summed E-state index contributed by atoms with van der Waals surface area (Å²) in [6.45, 7) is 4.00. The summed E-state index contributed by atoms with van der Waals surface area (Å²) in [6.07, 6.45) is 0. The van der Waals surface area contributed by atoms with Crippen molar-refractivity contribution in [1.29, 1.82) is 0 Å². The molecule has 1 unspecified atom stereocenters. The Bertz CT molecular complexity index is 584. The zero-order valence-corrected chi connectivity index (χ0v) is 11.6. The van der Waals surface area contributed by atoms with Crippen molar-refractivity contribution in [3.63, 3.8) is 0 Å². The fourth-order valence-electron chi connectivity index (χ4n) is 2.32. The first kappa shape index (κ1) is 14.2. The number of nitrogens with zero attached hydrogens (tertiary/aromatic N) is 1. The number of nitrogens with one attached hydrogen (secondary N) is 1. The van der Waals surface area contributed by atoms with Crippen LogP contribution in [0, 0.1) is 10.1 Å². The molecule has 4 nitrogen and oxygen atoms in total. The lowest BCUT2D eigenvalue weighted by molar-refractivity contribution is -0.385. The van der Waals surface area contributed by atoms with Crippen molar-refractivity contribution in [3.05, 3.63) is 75.8 Å². The zero-order chi connectivity index (χ0) is 14.5. The predicted octanol–water partition coefficient (Wildman–Crippen LogP) is 4.01. The average Bonchev–Trinajstić information content (AvgIpc) is 2.48. The van der Waals surface area contributed by atoms with Gasteiger partial charge in [0.25, 0.3) is 5.69 Å². The minimum Gasteiger partial charge on any atom is -0.303 e. The molecule has 0 spiro atoms. The minimum atomic E-state index is -0.333. The molecule has 0 fully saturated rings. The van der Waals surface area contributed by atoms with Gasteiger partial charge in [-0.2, -0.15) is 0 Å². The summed E-state index contributed by atoms with van der Waals surface area (Å²) in [5.74, 6) is 0. The van der Waals surface area contributed by atoms with Crippen LogP contribution in [0.5, 0.6) is 0 Å². The second-order valence-corrected chi connectivity index (χ2v) is 4.84. The molecular weight excluding hydrogens is 252 g/mol. The quantitative estimate of drug-likeness (QED) is 0.659. The molecule has 4 heteroatoms. The van der Waals surface area contributed by atoms with Crippen LogP contribution in [-0.2, 0) is 0 Å². The number of nitro groups is 1. The van der Waals surface area contributed by atoms with Crippen molar-refractivity contribution in [2.45, 2.75) is 25.9 Å². The number of benzene rings is 2. The van der Waals surface area contributed by atoms with E-state index in [0.717, 1.165) is 5.56 Å². The number of rotatable bonds is 5. The zero-order valence-electron chi connectivity index (χ0n) is 11.6. The molecule has 2 atom stereocenters. The number of nitro benzene ring substituents is 1. The van der Waals surface area contributed by atoms with Gasteiger partial charge in [0, 0.05) is 23.7 Å². The number of hydrogen-bond donors (Lipinski definition) is 1. The van der Waals surface area contributed by atoms with Gasteiger partial charge in [0.1, 0.15) is 0 Å². The highest BCUT2D eigenvalue weighted by molar-refractivity contribution is 5.41. The Hall–Kier alpha value is -2.20. The molecule has 0 aliphatic rings. The topological polar surface area (TPSA) is 55.2 Å². The fraction of sp³-hybridized carbons (Fsp3) is 0.250. The summed E-state index contributed by atoms with van der Waals surface area (Å²) < 4.78 is 0. The third-order valence-corrected chi connectivity index (χ3v) is 3.40. The Kier molecular flexibility index (Phi) is 4.48. The lowest BCUT2D eigenvalue weighted by Crippen LogP contribution is -2.23. The SMILES string of the molecule is CC(N[C@H](C)c1ccccc1)c1ccccc1[N+](=O)[O-]. The molecular formula is C16H18N2O2. The lowest BCUT2D eigenvalue weighted by atomic mass is 10.0. The van der Waals surface area contributed by atoms with E-state index < -0.39 is 0 Å². The molecule has 0 saturated heterocycles. The lowest BCUT2D eigenvalue weighted by Gasteiger charge is -2.20. The van der Waals surface area contributed by atoms with Crippen LogP contribution >= 0.6 is 0 Å². The monoisotopic (exact) mass is 270 g/mol. The van der Waals surface area contributed by atoms with Crippen LogP contribution in [0.1, 0.15) is 37.1 Å². The van der Waals surface area contributed by atoms with Crippen LogP contribution in [-0.4, -0.2) is 4.92 Å². The molecule has 0 aliphatic heterocycles. The smallest absolute Gasteiger partial charge is 0.274 e. The van der Waals surface area contributed by atoms with E-state index in [2.05, 4.69) is 12.2 Å². The maximum Gasteiger partial charge on any atom is 0.274 e. The molecule has 0 radical (unpaired) electrons. The van der Waals surface area contributed by atoms with Gasteiger partial charge in [-0.05, 0) is 19.4 Å². The second-order valence-electron chi connectivity index (χ2n) is 4.84. The molecule has 1 N–H and O–H groups in total. The van der Waals surface area contributed by atoms with Crippen molar-refractivity contribution in [3.8, 4) is 0 Å². The van der Waals surface area contributed by atoms with E-state index in [1.807, 2.05) is 43.3 Å². The van der Waals surface area contributed by atoms with E-state index in [4.69, 9.17) is 0 Å². The molecule has 0 aromatic heterocycles. The molecule has 0 bridgehead atoms. The van der Waals surface area contributed by atoms with Gasteiger partial charge in [0.15, 0.2) is 0 Å². The molecule has 0 heterocycles. The van der Waals surface area contributed by atoms with E-state index in [-0.39, 0.29) is 22.7 Å². The van der Waals surface area contributed by atoms with Crippen LogP contribution in [0.25, 0.3) is 0 Å². The van der Waals surface area contributed by atoms with Gasteiger partial charge < -0.3 is 5.32 Å². The van der Waals surface area contributed by atoms with Gasteiger partial charge >= 0.3 is 0 Å². The largest absolute Gasteiger partial charge is 0.303 e. The first-order valence-corrected chi connectivity index (χ1v) is 6.64. The van der Waals surface area contributed by atoms with Crippen LogP contribution in [0.2, 0.25) is 0 Å². The van der Waals surface area contributed by atoms with E-state index >= 15 is 0 Å². The molecule has 0 saturated carbocycles. The van der Waals surface area contributed by atoms with Crippen molar-refractivity contribution in [1.82, 2.24) is 5.32 Å². The molecule has 0 aliphatic carbocycles. The van der Waals surface area contributed by atoms with Crippen LogP contribution < -0.4 is 5.32 Å². The van der Waals surface area contributed by atoms with Gasteiger partial charge in [-0.3, -0.25) is 10.1 Å². The summed E-state index contributed by atoms with van der Waals surface area (Å²) in [6, 6.07) is 16.9. The number of para-hydroxylation sites is 1. The summed E-state index contributed by atoms with van der Waals surface area (Å²) in [4.78, 5) is 10.7. The predicted molar refractivity (Wildman–Crippen MR) is 79.5 cm³/mol. The van der Waals surface area contributed by atoms with Gasteiger partial charge in [-0.15, -0.1) is 0 Å². The highest BCUT2D eigenvalue weighted by atomic mass is 16.6. The normalized spacial score (nSPS) is 13.7. The van der Waals surface area contributed by atoms with Crippen molar-refractivity contribution in [2.24, 2.45) is 0 Å². The van der Waals surface area contributed by atoms with E-state index in [9.17, 15) is 10.1 Å². The maximum atomic E-state index is 11.1. The van der Waals surface area contributed by atoms with Gasteiger partial charge in [0.05, 0.1) is 4.92 Å². The van der Waals surface area contributed by atoms with E-state index in [1.165, 1.54) is 0 Å². The molecule has 2 aromatic carbocycles. The van der Waals surface area contributed by atoms with Crippen molar-refractivity contribution >= 4 is 5.69 Å². The highest BCUT2D eigenvalue weighted by Gasteiger charge is 2.19. The third kappa shape index (κ3) is 3.22. The van der Waals surface area contributed by atoms with Gasteiger partial charge in [-0.25, -0.2) is 0 Å². The first-order valence-electron chi connectivity index (χ1n) is 6.64. The molecule has 2 rings (SSSR count). The van der Waals surface area contributed by atoms with E-state index in [1.54, 1.807) is 18.2 Å². The second kappa shape index (κ2) is 6.30. The third-order valence-electron chi connectivity index (χ3n) is 3.40. The summed E-state index contributed by atoms with van der Waals surface area (Å²) in [7, 11) is 0. The van der Waals surface area contributed by atoms with Crippen molar-refractivity contribution < 1.29 is 4.92 Å². The summed E-state index contributed by atoms with van der Waals surface area (Å²) >= 11 is 0. The minimum absolute atomic E-state index is 0.0909. The Morgan fingerprint density at radius 1 is 0.950 bits per heavy atom. The number of hydrogen-bond acceptors (Lipinski definition) is 3. The maximum absolute atomic E-state index is 11.1. The fourth-order valence-corrected chi connectivity index (χ4v) is 2.32.